The molecule has 5 heteroatoms. The van der Waals surface area contributed by atoms with Gasteiger partial charge in [-0.1, -0.05) is 26.8 Å². The van der Waals surface area contributed by atoms with E-state index in [9.17, 15) is 4.79 Å². The van der Waals surface area contributed by atoms with E-state index in [0.717, 1.165) is 12.2 Å². The predicted molar refractivity (Wildman–Crippen MR) is 85.7 cm³/mol. The number of hydrogen-bond acceptors (Lipinski definition) is 4. The lowest BCUT2D eigenvalue weighted by molar-refractivity contribution is 0.0939. The van der Waals surface area contributed by atoms with E-state index in [1.54, 1.807) is 23.7 Å². The monoisotopic (exact) mass is 303 g/mol. The Hall–Kier alpha value is -1.75. The lowest BCUT2D eigenvalue weighted by atomic mass is 9.96. The molecule has 2 heterocycles. The van der Waals surface area contributed by atoms with E-state index in [4.69, 9.17) is 0 Å². The third-order valence-corrected chi connectivity index (χ3v) is 3.95. The average molecular weight is 303 g/mol. The van der Waals surface area contributed by atoms with Crippen molar-refractivity contribution in [3.63, 3.8) is 0 Å². The lowest BCUT2D eigenvalue weighted by Crippen LogP contribution is -2.34. The zero-order valence-corrected chi connectivity index (χ0v) is 13.7. The minimum Gasteiger partial charge on any atom is -0.349 e. The van der Waals surface area contributed by atoms with Crippen LogP contribution in [0.1, 0.15) is 48.8 Å². The van der Waals surface area contributed by atoms with Crippen LogP contribution in [0.2, 0.25) is 0 Å². The fourth-order valence-electron chi connectivity index (χ4n) is 1.92. The van der Waals surface area contributed by atoms with Crippen molar-refractivity contribution in [2.75, 3.05) is 0 Å². The second kappa shape index (κ2) is 6.35. The number of carbonyl (C=O) groups excluding carboxylic acids is 1. The highest BCUT2D eigenvalue weighted by Gasteiger charge is 2.18. The number of rotatable bonds is 4. The molecule has 0 bridgehead atoms. The molecule has 1 amide bonds. The maximum Gasteiger partial charge on any atom is 0.254 e. The largest absolute Gasteiger partial charge is 0.349 e. The quantitative estimate of drug-likeness (QED) is 0.943. The molecular weight excluding hydrogens is 282 g/mol. The van der Waals surface area contributed by atoms with Gasteiger partial charge in [0.05, 0.1) is 5.56 Å². The van der Waals surface area contributed by atoms with Crippen molar-refractivity contribution in [3.05, 3.63) is 46.2 Å². The van der Waals surface area contributed by atoms with E-state index in [0.29, 0.717) is 5.56 Å². The van der Waals surface area contributed by atoms with E-state index in [1.807, 2.05) is 39.1 Å². The summed E-state index contributed by atoms with van der Waals surface area (Å²) in [5, 5.41) is 5.02. The normalized spacial score (nSPS) is 13.0. The molecule has 1 atom stereocenters. The minimum atomic E-state index is -0.125. The number of thiophene rings is 1. The standard InChI is InChI=1S/C16H21N3OS/c1-11(8-13-6-5-7-21-13)19-14(20)12-9-17-15(18-10-12)16(2,3)4/h5-7,9-11H,8H2,1-4H3,(H,19,20)/t11-/m1/s1. The molecule has 0 aliphatic rings. The molecule has 0 aromatic carbocycles. The number of hydrogen-bond donors (Lipinski definition) is 1. The molecule has 0 unspecified atom stereocenters. The van der Waals surface area contributed by atoms with E-state index in [2.05, 4.69) is 21.4 Å². The van der Waals surface area contributed by atoms with Gasteiger partial charge in [-0.3, -0.25) is 4.79 Å². The van der Waals surface area contributed by atoms with Crippen molar-refractivity contribution >= 4 is 17.2 Å². The van der Waals surface area contributed by atoms with Crippen LogP contribution < -0.4 is 5.32 Å². The summed E-state index contributed by atoms with van der Waals surface area (Å²) < 4.78 is 0. The SMILES string of the molecule is C[C@H](Cc1cccs1)NC(=O)c1cnc(C(C)(C)C)nc1. The third kappa shape index (κ3) is 4.36. The van der Waals surface area contributed by atoms with E-state index >= 15 is 0 Å². The fourth-order valence-corrected chi connectivity index (χ4v) is 2.76. The van der Waals surface area contributed by atoms with Crippen LogP contribution in [0.4, 0.5) is 0 Å². The number of carbonyl (C=O) groups is 1. The first-order valence-corrected chi connectivity index (χ1v) is 7.90. The van der Waals surface area contributed by atoms with E-state index in [-0.39, 0.29) is 17.4 Å². The van der Waals surface area contributed by atoms with E-state index in [1.165, 1.54) is 4.88 Å². The van der Waals surface area contributed by atoms with Gasteiger partial charge in [0.15, 0.2) is 0 Å². The smallest absolute Gasteiger partial charge is 0.254 e. The molecule has 2 aromatic rings. The molecule has 112 valence electrons. The Balaban J connectivity index is 1.97. The molecular formula is C16H21N3OS. The zero-order chi connectivity index (χ0) is 15.5. The van der Waals surface area contributed by atoms with Crippen LogP contribution in [0.25, 0.3) is 0 Å². The Labute approximate surface area is 129 Å². The lowest BCUT2D eigenvalue weighted by Gasteiger charge is -2.16. The molecule has 4 nitrogen and oxygen atoms in total. The molecule has 0 aliphatic heterocycles. The molecule has 2 rings (SSSR count). The van der Waals surface area contributed by atoms with Gasteiger partial charge >= 0.3 is 0 Å². The summed E-state index contributed by atoms with van der Waals surface area (Å²) in [7, 11) is 0. The van der Waals surface area contributed by atoms with Gasteiger partial charge in [-0.05, 0) is 18.4 Å². The molecule has 1 N–H and O–H groups in total. The van der Waals surface area contributed by atoms with Crippen molar-refractivity contribution in [3.8, 4) is 0 Å². The number of nitrogens with zero attached hydrogens (tertiary/aromatic N) is 2. The molecule has 0 spiro atoms. The highest BCUT2D eigenvalue weighted by atomic mass is 32.1. The van der Waals surface area contributed by atoms with Gasteiger partial charge in [-0.2, -0.15) is 0 Å². The molecule has 0 saturated carbocycles. The average Bonchev–Trinajstić information content (AvgIpc) is 2.90. The van der Waals surface area contributed by atoms with Crippen LogP contribution in [0, 0.1) is 0 Å². The van der Waals surface area contributed by atoms with Crippen molar-refractivity contribution in [1.82, 2.24) is 15.3 Å². The molecule has 0 aliphatic carbocycles. The minimum absolute atomic E-state index is 0.0819. The summed E-state index contributed by atoms with van der Waals surface area (Å²) in [5.74, 6) is 0.616. The first-order valence-electron chi connectivity index (χ1n) is 7.02. The summed E-state index contributed by atoms with van der Waals surface area (Å²) in [6.45, 7) is 8.14. The highest BCUT2D eigenvalue weighted by Crippen LogP contribution is 2.17. The van der Waals surface area contributed by atoms with Gasteiger partial charge in [0.1, 0.15) is 5.82 Å². The first kappa shape index (κ1) is 15.6. The van der Waals surface area contributed by atoms with Crippen LogP contribution in [0.5, 0.6) is 0 Å². The van der Waals surface area contributed by atoms with Crippen LogP contribution >= 0.6 is 11.3 Å². The Bertz CT molecular complexity index is 585. The molecule has 0 saturated heterocycles. The van der Waals surface area contributed by atoms with E-state index < -0.39 is 0 Å². The van der Waals surface area contributed by atoms with Gasteiger partial charge < -0.3 is 5.32 Å². The van der Waals surface area contributed by atoms with Crippen molar-refractivity contribution < 1.29 is 4.79 Å². The van der Waals surface area contributed by atoms with Gasteiger partial charge in [-0.25, -0.2) is 9.97 Å². The maximum atomic E-state index is 12.2. The van der Waals surface area contributed by atoms with Crippen LogP contribution in [-0.4, -0.2) is 21.9 Å². The number of nitrogens with one attached hydrogen (secondary N) is 1. The molecule has 2 aromatic heterocycles. The summed E-state index contributed by atoms with van der Waals surface area (Å²) in [6.07, 6.45) is 4.03. The number of amides is 1. The Morgan fingerprint density at radius 2 is 2.00 bits per heavy atom. The van der Waals surface area contributed by atoms with Gasteiger partial charge in [0, 0.05) is 35.1 Å². The van der Waals surface area contributed by atoms with Gasteiger partial charge in [0.25, 0.3) is 5.91 Å². The second-order valence-electron chi connectivity index (χ2n) is 6.20. The van der Waals surface area contributed by atoms with Crippen molar-refractivity contribution in [2.24, 2.45) is 0 Å². The van der Waals surface area contributed by atoms with Crippen LogP contribution in [0.15, 0.2) is 29.9 Å². The van der Waals surface area contributed by atoms with Crippen LogP contribution in [0.3, 0.4) is 0 Å². The Morgan fingerprint density at radius 3 is 2.52 bits per heavy atom. The maximum absolute atomic E-state index is 12.2. The third-order valence-electron chi connectivity index (χ3n) is 3.05. The molecule has 0 fully saturated rings. The first-order chi connectivity index (χ1) is 9.86. The van der Waals surface area contributed by atoms with Crippen molar-refractivity contribution in [1.29, 1.82) is 0 Å². The topological polar surface area (TPSA) is 54.9 Å². The molecule has 0 radical (unpaired) electrons. The summed E-state index contributed by atoms with van der Waals surface area (Å²) in [6, 6.07) is 4.18. The zero-order valence-electron chi connectivity index (χ0n) is 12.9. The Morgan fingerprint density at radius 1 is 1.33 bits per heavy atom. The van der Waals surface area contributed by atoms with Gasteiger partial charge in [0.2, 0.25) is 0 Å². The van der Waals surface area contributed by atoms with Crippen LogP contribution in [-0.2, 0) is 11.8 Å². The summed E-state index contributed by atoms with van der Waals surface area (Å²) >= 11 is 1.70. The second-order valence-corrected chi connectivity index (χ2v) is 7.24. The fraction of sp³-hybridized carbons (Fsp3) is 0.438. The van der Waals surface area contributed by atoms with Crippen molar-refractivity contribution in [2.45, 2.75) is 45.6 Å². The highest BCUT2D eigenvalue weighted by molar-refractivity contribution is 7.09. The predicted octanol–water partition coefficient (Wildman–Crippen LogP) is 3.20. The Kier molecular flexibility index (Phi) is 4.73. The summed E-state index contributed by atoms with van der Waals surface area (Å²) in [4.78, 5) is 22.0. The molecule has 21 heavy (non-hydrogen) atoms. The summed E-state index contributed by atoms with van der Waals surface area (Å²) in [5.41, 5.74) is 0.391. The number of aromatic nitrogens is 2. The van der Waals surface area contributed by atoms with Gasteiger partial charge in [-0.15, -0.1) is 11.3 Å².